The standard InChI is InChI=1S/C17H17N3O2/c1-4-22-17(21)14-10-18-20(12(14)3)16-7-5-6-15-13(16)9-8-11(2)19-15/h5-10H,4H2,1-3H3. The van der Waals surface area contributed by atoms with E-state index in [0.717, 1.165) is 28.0 Å². The predicted molar refractivity (Wildman–Crippen MR) is 84.3 cm³/mol. The van der Waals surface area contributed by atoms with Crippen molar-refractivity contribution < 1.29 is 9.53 Å². The van der Waals surface area contributed by atoms with Crippen molar-refractivity contribution in [2.24, 2.45) is 0 Å². The number of nitrogens with zero attached hydrogens (tertiary/aromatic N) is 3. The van der Waals surface area contributed by atoms with Gasteiger partial charge >= 0.3 is 5.97 Å². The first-order valence-electron chi connectivity index (χ1n) is 7.20. The van der Waals surface area contributed by atoms with E-state index in [9.17, 15) is 4.79 Å². The fourth-order valence-corrected chi connectivity index (χ4v) is 2.49. The van der Waals surface area contributed by atoms with Crippen molar-refractivity contribution in [3.05, 3.63) is 53.5 Å². The summed E-state index contributed by atoms with van der Waals surface area (Å²) in [5.74, 6) is -0.347. The van der Waals surface area contributed by atoms with E-state index in [1.54, 1.807) is 17.8 Å². The van der Waals surface area contributed by atoms with Gasteiger partial charge in [-0.05, 0) is 45.0 Å². The third-order valence-corrected chi connectivity index (χ3v) is 3.58. The second kappa shape index (κ2) is 5.60. The van der Waals surface area contributed by atoms with Crippen molar-refractivity contribution in [1.29, 1.82) is 0 Å². The molecule has 5 heteroatoms. The Morgan fingerprint density at radius 2 is 2.05 bits per heavy atom. The number of aryl methyl sites for hydroxylation is 1. The van der Waals surface area contributed by atoms with Crippen molar-refractivity contribution in [2.45, 2.75) is 20.8 Å². The average molecular weight is 295 g/mol. The van der Waals surface area contributed by atoms with E-state index in [0.29, 0.717) is 12.2 Å². The number of aromatic nitrogens is 3. The molecule has 1 aromatic carbocycles. The molecule has 0 saturated carbocycles. The van der Waals surface area contributed by atoms with Gasteiger partial charge in [-0.25, -0.2) is 9.48 Å². The number of benzene rings is 1. The second-order valence-electron chi connectivity index (χ2n) is 5.07. The Morgan fingerprint density at radius 3 is 2.82 bits per heavy atom. The summed E-state index contributed by atoms with van der Waals surface area (Å²) in [7, 11) is 0. The van der Waals surface area contributed by atoms with Gasteiger partial charge in [0.2, 0.25) is 0 Å². The SMILES string of the molecule is CCOC(=O)c1cnn(-c2cccc3nc(C)ccc23)c1C. The van der Waals surface area contributed by atoms with Crippen LogP contribution in [-0.4, -0.2) is 27.3 Å². The summed E-state index contributed by atoms with van der Waals surface area (Å²) in [6.45, 7) is 5.96. The number of pyridine rings is 1. The van der Waals surface area contributed by atoms with E-state index in [4.69, 9.17) is 4.74 Å². The van der Waals surface area contributed by atoms with Crippen LogP contribution in [-0.2, 0) is 4.74 Å². The van der Waals surface area contributed by atoms with Crippen LogP contribution in [0.25, 0.3) is 16.6 Å². The highest BCUT2D eigenvalue weighted by atomic mass is 16.5. The minimum Gasteiger partial charge on any atom is -0.462 e. The molecule has 0 atom stereocenters. The van der Waals surface area contributed by atoms with E-state index in [2.05, 4.69) is 10.1 Å². The topological polar surface area (TPSA) is 57.0 Å². The molecule has 0 radical (unpaired) electrons. The summed E-state index contributed by atoms with van der Waals surface area (Å²) in [6, 6.07) is 9.87. The normalized spacial score (nSPS) is 10.9. The van der Waals surface area contributed by atoms with Crippen LogP contribution in [0.15, 0.2) is 36.5 Å². The highest BCUT2D eigenvalue weighted by Crippen LogP contribution is 2.23. The zero-order valence-corrected chi connectivity index (χ0v) is 12.8. The predicted octanol–water partition coefficient (Wildman–Crippen LogP) is 3.21. The number of carbonyl (C=O) groups is 1. The molecule has 0 unspecified atom stereocenters. The zero-order chi connectivity index (χ0) is 15.7. The first kappa shape index (κ1) is 14.3. The van der Waals surface area contributed by atoms with Gasteiger partial charge in [0.25, 0.3) is 0 Å². The fourth-order valence-electron chi connectivity index (χ4n) is 2.49. The maximum Gasteiger partial charge on any atom is 0.341 e. The number of rotatable bonds is 3. The Bertz CT molecular complexity index is 852. The van der Waals surface area contributed by atoms with Gasteiger partial charge in [0.05, 0.1) is 29.7 Å². The lowest BCUT2D eigenvalue weighted by Crippen LogP contribution is -2.07. The average Bonchev–Trinajstić information content (AvgIpc) is 2.88. The van der Waals surface area contributed by atoms with E-state index in [1.807, 2.05) is 44.2 Å². The van der Waals surface area contributed by atoms with Gasteiger partial charge in [-0.1, -0.05) is 6.07 Å². The van der Waals surface area contributed by atoms with Crippen LogP contribution in [0.2, 0.25) is 0 Å². The van der Waals surface area contributed by atoms with Crippen molar-refractivity contribution in [1.82, 2.24) is 14.8 Å². The summed E-state index contributed by atoms with van der Waals surface area (Å²) >= 11 is 0. The lowest BCUT2D eigenvalue weighted by atomic mass is 10.1. The van der Waals surface area contributed by atoms with Gasteiger partial charge in [-0.3, -0.25) is 4.98 Å². The third-order valence-electron chi connectivity index (χ3n) is 3.58. The molecule has 22 heavy (non-hydrogen) atoms. The first-order valence-corrected chi connectivity index (χ1v) is 7.20. The third kappa shape index (κ3) is 2.35. The largest absolute Gasteiger partial charge is 0.462 e. The van der Waals surface area contributed by atoms with E-state index < -0.39 is 0 Å². The molecule has 0 aliphatic rings. The van der Waals surface area contributed by atoms with Crippen molar-refractivity contribution in [3.63, 3.8) is 0 Å². The summed E-state index contributed by atoms with van der Waals surface area (Å²) in [4.78, 5) is 16.5. The second-order valence-corrected chi connectivity index (χ2v) is 5.07. The summed E-state index contributed by atoms with van der Waals surface area (Å²) in [5, 5.41) is 5.35. The molecule has 0 N–H and O–H groups in total. The number of esters is 1. The summed E-state index contributed by atoms with van der Waals surface area (Å²) < 4.78 is 6.81. The first-order chi connectivity index (χ1) is 10.6. The number of fused-ring (bicyclic) bond motifs is 1. The Labute approximate surface area is 128 Å². The molecule has 0 fully saturated rings. The zero-order valence-electron chi connectivity index (χ0n) is 12.8. The Kier molecular flexibility index (Phi) is 3.63. The lowest BCUT2D eigenvalue weighted by molar-refractivity contribution is 0.0525. The molecule has 3 aromatic rings. The van der Waals surface area contributed by atoms with Crippen molar-refractivity contribution in [2.75, 3.05) is 6.61 Å². The van der Waals surface area contributed by atoms with Crippen LogP contribution in [0, 0.1) is 13.8 Å². The smallest absolute Gasteiger partial charge is 0.341 e. The maximum absolute atomic E-state index is 11.9. The fraction of sp³-hybridized carbons (Fsp3) is 0.235. The van der Waals surface area contributed by atoms with Gasteiger partial charge in [0, 0.05) is 11.1 Å². The highest BCUT2D eigenvalue weighted by Gasteiger charge is 2.17. The minimum absolute atomic E-state index is 0.347. The summed E-state index contributed by atoms with van der Waals surface area (Å²) in [6.07, 6.45) is 1.55. The van der Waals surface area contributed by atoms with Crippen LogP contribution in [0.3, 0.4) is 0 Å². The van der Waals surface area contributed by atoms with Gasteiger partial charge in [0.15, 0.2) is 0 Å². The molecular formula is C17H17N3O2. The van der Waals surface area contributed by atoms with Gasteiger partial charge in [-0.2, -0.15) is 5.10 Å². The molecule has 5 nitrogen and oxygen atoms in total. The molecule has 3 rings (SSSR count). The number of carbonyl (C=O) groups excluding carboxylic acids is 1. The van der Waals surface area contributed by atoms with Crippen molar-refractivity contribution >= 4 is 16.9 Å². The monoisotopic (exact) mass is 295 g/mol. The molecule has 0 amide bonds. The number of hydrogen-bond acceptors (Lipinski definition) is 4. The molecule has 0 saturated heterocycles. The van der Waals surface area contributed by atoms with Gasteiger partial charge in [-0.15, -0.1) is 0 Å². The molecule has 112 valence electrons. The van der Waals surface area contributed by atoms with Crippen LogP contribution in [0.4, 0.5) is 0 Å². The van der Waals surface area contributed by atoms with Gasteiger partial charge in [0.1, 0.15) is 5.56 Å². The molecule has 2 aromatic heterocycles. The van der Waals surface area contributed by atoms with E-state index in [1.165, 1.54) is 0 Å². The highest BCUT2D eigenvalue weighted by molar-refractivity contribution is 5.91. The van der Waals surface area contributed by atoms with Crippen LogP contribution >= 0.6 is 0 Å². The molecule has 0 bridgehead atoms. The molecule has 0 aliphatic heterocycles. The quantitative estimate of drug-likeness (QED) is 0.696. The Morgan fingerprint density at radius 1 is 1.23 bits per heavy atom. The lowest BCUT2D eigenvalue weighted by Gasteiger charge is -2.09. The number of hydrogen-bond donors (Lipinski definition) is 0. The van der Waals surface area contributed by atoms with E-state index in [-0.39, 0.29) is 5.97 Å². The number of ether oxygens (including phenoxy) is 1. The molecule has 2 heterocycles. The molecule has 0 aliphatic carbocycles. The summed E-state index contributed by atoms with van der Waals surface area (Å²) in [5.41, 5.74) is 4.02. The Balaban J connectivity index is 2.14. The molecular weight excluding hydrogens is 278 g/mol. The van der Waals surface area contributed by atoms with Gasteiger partial charge < -0.3 is 4.74 Å². The molecule has 0 spiro atoms. The van der Waals surface area contributed by atoms with E-state index >= 15 is 0 Å². The Hall–Kier alpha value is -2.69. The van der Waals surface area contributed by atoms with Crippen molar-refractivity contribution in [3.8, 4) is 5.69 Å². The minimum atomic E-state index is -0.347. The van der Waals surface area contributed by atoms with Crippen LogP contribution in [0.5, 0.6) is 0 Å². The maximum atomic E-state index is 11.9. The van der Waals surface area contributed by atoms with Crippen LogP contribution in [0.1, 0.15) is 28.7 Å². The van der Waals surface area contributed by atoms with Crippen LogP contribution < -0.4 is 0 Å².